The smallest absolute Gasteiger partial charge is 0.253 e. The fourth-order valence-electron chi connectivity index (χ4n) is 3.06. The molecule has 0 saturated carbocycles. The molecule has 1 amide bonds. The molecule has 2 aromatic carbocycles. The summed E-state index contributed by atoms with van der Waals surface area (Å²) in [5.41, 5.74) is 3.75. The minimum Gasteiger partial charge on any atom is -0.322 e. The van der Waals surface area contributed by atoms with Crippen molar-refractivity contribution in [2.24, 2.45) is 5.41 Å². The molecule has 1 heterocycles. The van der Waals surface area contributed by atoms with Gasteiger partial charge in [0.1, 0.15) is 0 Å². The van der Waals surface area contributed by atoms with Crippen LogP contribution in [0.2, 0.25) is 0 Å². The van der Waals surface area contributed by atoms with E-state index in [4.69, 9.17) is 0 Å². The zero-order valence-electron chi connectivity index (χ0n) is 16.6. The molecule has 140 valence electrons. The number of rotatable bonds is 3. The Morgan fingerprint density at radius 3 is 2.37 bits per heavy atom. The second-order valence-corrected chi connectivity index (χ2v) is 8.12. The third-order valence-electron chi connectivity index (χ3n) is 4.85. The van der Waals surface area contributed by atoms with Gasteiger partial charge in [-0.2, -0.15) is 0 Å². The Hall–Kier alpha value is -2.88. The molecule has 3 rings (SSSR count). The zero-order chi connectivity index (χ0) is 19.8. The van der Waals surface area contributed by atoms with Gasteiger partial charge in [-0.05, 0) is 54.6 Å². The molecule has 0 saturated heterocycles. The normalized spacial score (nSPS) is 11.6. The summed E-state index contributed by atoms with van der Waals surface area (Å²) < 4.78 is 0. The van der Waals surface area contributed by atoms with E-state index >= 15 is 0 Å². The van der Waals surface area contributed by atoms with E-state index in [-0.39, 0.29) is 18.0 Å². The Balaban J connectivity index is 2.08. The predicted molar refractivity (Wildman–Crippen MR) is 111 cm³/mol. The van der Waals surface area contributed by atoms with Crippen molar-refractivity contribution in [2.75, 3.05) is 4.90 Å². The largest absolute Gasteiger partial charge is 0.322 e. The van der Waals surface area contributed by atoms with Gasteiger partial charge in [0.25, 0.3) is 5.56 Å². The maximum absolute atomic E-state index is 13.2. The molecule has 0 spiro atoms. The first-order valence-corrected chi connectivity index (χ1v) is 9.17. The van der Waals surface area contributed by atoms with Crippen molar-refractivity contribution in [3.63, 3.8) is 0 Å². The van der Waals surface area contributed by atoms with Gasteiger partial charge in [-0.25, -0.2) is 0 Å². The average molecular weight is 362 g/mol. The molecule has 0 fully saturated rings. The highest BCUT2D eigenvalue weighted by atomic mass is 16.2. The molecule has 0 atom stereocenters. The minimum atomic E-state index is -0.553. The lowest BCUT2D eigenvalue weighted by Crippen LogP contribution is -2.40. The van der Waals surface area contributed by atoms with E-state index in [0.29, 0.717) is 5.56 Å². The number of aromatic amines is 1. The number of carbonyl (C=O) groups is 1. The van der Waals surface area contributed by atoms with Gasteiger partial charge in [0.15, 0.2) is 0 Å². The van der Waals surface area contributed by atoms with Gasteiger partial charge in [0.05, 0.1) is 6.54 Å². The van der Waals surface area contributed by atoms with Crippen molar-refractivity contribution < 1.29 is 4.79 Å². The van der Waals surface area contributed by atoms with Crippen LogP contribution in [0.3, 0.4) is 0 Å². The van der Waals surface area contributed by atoms with Gasteiger partial charge in [-0.15, -0.1) is 0 Å². The van der Waals surface area contributed by atoms with Crippen LogP contribution in [0, 0.1) is 19.3 Å². The molecule has 0 radical (unpaired) electrons. The van der Waals surface area contributed by atoms with Crippen LogP contribution in [0.15, 0.2) is 53.3 Å². The summed E-state index contributed by atoms with van der Waals surface area (Å²) in [5.74, 6) is -0.0155. The fourth-order valence-corrected chi connectivity index (χ4v) is 3.06. The zero-order valence-corrected chi connectivity index (χ0v) is 16.6. The number of para-hydroxylation sites is 1. The molecular formula is C23H26N2O2. The van der Waals surface area contributed by atoms with Crippen LogP contribution in [0.25, 0.3) is 10.9 Å². The molecule has 1 aromatic heterocycles. The number of carbonyl (C=O) groups excluding carboxylic acids is 1. The number of pyridine rings is 1. The maximum atomic E-state index is 13.2. The molecule has 27 heavy (non-hydrogen) atoms. The number of benzene rings is 2. The summed E-state index contributed by atoms with van der Waals surface area (Å²) in [7, 11) is 0. The highest BCUT2D eigenvalue weighted by Crippen LogP contribution is 2.27. The number of hydrogen-bond acceptors (Lipinski definition) is 2. The van der Waals surface area contributed by atoms with Gasteiger partial charge in [-0.1, -0.05) is 45.0 Å². The van der Waals surface area contributed by atoms with Crippen molar-refractivity contribution in [3.05, 3.63) is 75.6 Å². The molecule has 3 aromatic rings. The van der Waals surface area contributed by atoms with Crippen LogP contribution in [-0.4, -0.2) is 10.9 Å². The Kier molecular flexibility index (Phi) is 4.92. The number of nitrogens with one attached hydrogen (secondary N) is 1. The van der Waals surface area contributed by atoms with E-state index in [1.165, 1.54) is 5.56 Å². The lowest BCUT2D eigenvalue weighted by Gasteiger charge is -2.30. The second kappa shape index (κ2) is 7.03. The number of H-pyrrole nitrogens is 1. The first-order chi connectivity index (χ1) is 12.7. The lowest BCUT2D eigenvalue weighted by molar-refractivity contribution is -0.125. The number of aryl methyl sites for hydroxylation is 2. The Morgan fingerprint density at radius 2 is 1.70 bits per heavy atom. The number of hydrogen-bond donors (Lipinski definition) is 1. The standard InChI is InChI=1S/C23H26N2O2/c1-15-10-11-19(12-16(15)2)25(22(27)23(3,4)5)14-18-13-17-8-6-7-9-20(17)24-21(18)26/h6-13H,14H2,1-5H3,(H,24,26). The molecule has 4 heteroatoms. The van der Waals surface area contributed by atoms with E-state index < -0.39 is 5.41 Å². The predicted octanol–water partition coefficient (Wildman–Crippen LogP) is 4.72. The second-order valence-electron chi connectivity index (χ2n) is 8.12. The summed E-state index contributed by atoms with van der Waals surface area (Å²) >= 11 is 0. The Labute approximate surface area is 159 Å². The van der Waals surface area contributed by atoms with Crippen LogP contribution in [-0.2, 0) is 11.3 Å². The van der Waals surface area contributed by atoms with Gasteiger partial charge >= 0.3 is 0 Å². The average Bonchev–Trinajstić information content (AvgIpc) is 2.61. The number of nitrogens with zero attached hydrogens (tertiary/aromatic N) is 1. The van der Waals surface area contributed by atoms with Crippen molar-refractivity contribution in [1.82, 2.24) is 4.98 Å². The van der Waals surface area contributed by atoms with Gasteiger partial charge in [-0.3, -0.25) is 9.59 Å². The Morgan fingerprint density at radius 1 is 1.00 bits per heavy atom. The van der Waals surface area contributed by atoms with E-state index in [2.05, 4.69) is 4.98 Å². The fraction of sp³-hybridized carbons (Fsp3) is 0.304. The van der Waals surface area contributed by atoms with Crippen molar-refractivity contribution in [3.8, 4) is 0 Å². The number of amides is 1. The molecule has 0 aliphatic carbocycles. The molecule has 0 unspecified atom stereocenters. The third-order valence-corrected chi connectivity index (χ3v) is 4.85. The highest BCUT2D eigenvalue weighted by molar-refractivity contribution is 5.97. The monoisotopic (exact) mass is 362 g/mol. The first-order valence-electron chi connectivity index (χ1n) is 9.17. The van der Waals surface area contributed by atoms with Gasteiger partial charge in [0, 0.05) is 22.2 Å². The molecule has 4 nitrogen and oxygen atoms in total. The van der Waals surface area contributed by atoms with E-state index in [0.717, 1.165) is 22.2 Å². The van der Waals surface area contributed by atoms with Gasteiger partial charge in [0.2, 0.25) is 5.91 Å². The quantitative estimate of drug-likeness (QED) is 0.733. The first kappa shape index (κ1) is 18.9. The van der Waals surface area contributed by atoms with E-state index in [9.17, 15) is 9.59 Å². The number of fused-ring (bicyclic) bond motifs is 1. The summed E-state index contributed by atoms with van der Waals surface area (Å²) in [6.07, 6.45) is 0. The molecule has 0 aliphatic rings. The third kappa shape index (κ3) is 3.95. The topological polar surface area (TPSA) is 53.2 Å². The maximum Gasteiger partial charge on any atom is 0.253 e. The van der Waals surface area contributed by atoms with Crippen molar-refractivity contribution in [1.29, 1.82) is 0 Å². The van der Waals surface area contributed by atoms with E-state index in [1.807, 2.05) is 83.1 Å². The SMILES string of the molecule is Cc1ccc(N(Cc2cc3ccccc3[nH]c2=O)C(=O)C(C)(C)C)cc1C. The van der Waals surface area contributed by atoms with Crippen LogP contribution in [0.1, 0.15) is 37.5 Å². The van der Waals surface area contributed by atoms with Crippen LogP contribution in [0.5, 0.6) is 0 Å². The lowest BCUT2D eigenvalue weighted by atomic mass is 9.93. The summed E-state index contributed by atoms with van der Waals surface area (Å²) in [6.45, 7) is 10.00. The highest BCUT2D eigenvalue weighted by Gasteiger charge is 2.29. The summed E-state index contributed by atoms with van der Waals surface area (Å²) in [4.78, 5) is 30.4. The molecule has 0 aliphatic heterocycles. The van der Waals surface area contributed by atoms with Crippen molar-refractivity contribution >= 4 is 22.5 Å². The number of aromatic nitrogens is 1. The van der Waals surface area contributed by atoms with Crippen LogP contribution < -0.4 is 10.5 Å². The van der Waals surface area contributed by atoms with Gasteiger partial charge < -0.3 is 9.88 Å². The molecule has 1 N–H and O–H groups in total. The van der Waals surface area contributed by atoms with E-state index in [1.54, 1.807) is 4.90 Å². The molecule has 0 bridgehead atoms. The minimum absolute atomic E-state index is 0.0155. The van der Waals surface area contributed by atoms with Crippen molar-refractivity contribution in [2.45, 2.75) is 41.2 Å². The Bertz CT molecular complexity index is 1060. The summed E-state index contributed by atoms with van der Waals surface area (Å²) in [6, 6.07) is 15.5. The summed E-state index contributed by atoms with van der Waals surface area (Å²) in [5, 5.41) is 0.954. The van der Waals surface area contributed by atoms with Crippen LogP contribution in [0.4, 0.5) is 5.69 Å². The van der Waals surface area contributed by atoms with Crippen LogP contribution >= 0.6 is 0 Å². The molecular weight excluding hydrogens is 336 g/mol. The number of anilines is 1.